The van der Waals surface area contributed by atoms with Crippen LogP contribution in [0.4, 0.5) is 0 Å². The van der Waals surface area contributed by atoms with Crippen molar-refractivity contribution in [1.82, 2.24) is 15.4 Å². The van der Waals surface area contributed by atoms with E-state index >= 15 is 0 Å². The van der Waals surface area contributed by atoms with Gasteiger partial charge in [0.15, 0.2) is 0 Å². The molecule has 9 heteroatoms. The molecule has 7 nitrogen and oxygen atoms in total. The molecule has 226 valence electrons. The fraction of sp³-hybridized carbons (Fsp3) is 0.515. The lowest BCUT2D eigenvalue weighted by molar-refractivity contribution is 0.234. The minimum atomic E-state index is -0.0320. The Morgan fingerprint density at radius 3 is 2.19 bits per heavy atom. The highest BCUT2D eigenvalue weighted by molar-refractivity contribution is 7.99. The van der Waals surface area contributed by atoms with Gasteiger partial charge in [-0.1, -0.05) is 19.3 Å². The van der Waals surface area contributed by atoms with Gasteiger partial charge in [0.05, 0.1) is 23.9 Å². The summed E-state index contributed by atoms with van der Waals surface area (Å²) in [6, 6.07) is 15.7. The molecule has 1 saturated heterocycles. The lowest BCUT2D eigenvalue weighted by Gasteiger charge is -2.25. The summed E-state index contributed by atoms with van der Waals surface area (Å²) in [6.45, 7) is 4.87. The first-order valence-corrected chi connectivity index (χ1v) is 17.4. The SMILES string of the molecule is N=C(NO)c1ccc(OCCCCCOc2ccc(-c3nc(C4CCCCC4)sc3CCN3CCSCC3)cc2)cc1. The fourth-order valence-electron chi connectivity index (χ4n) is 5.63. The molecule has 2 aliphatic rings. The summed E-state index contributed by atoms with van der Waals surface area (Å²) in [5.74, 6) is 4.79. The average Bonchev–Trinajstić information content (AvgIpc) is 3.49. The number of amidine groups is 1. The van der Waals surface area contributed by atoms with Crippen LogP contribution in [0.15, 0.2) is 48.5 Å². The summed E-state index contributed by atoms with van der Waals surface area (Å²) in [4.78, 5) is 9.32. The van der Waals surface area contributed by atoms with Crippen molar-refractivity contribution in [1.29, 1.82) is 5.41 Å². The Balaban J connectivity index is 1.08. The minimum Gasteiger partial charge on any atom is -0.494 e. The van der Waals surface area contributed by atoms with Crippen LogP contribution >= 0.6 is 23.1 Å². The Morgan fingerprint density at radius 2 is 1.55 bits per heavy atom. The number of nitrogens with zero attached hydrogens (tertiary/aromatic N) is 2. The van der Waals surface area contributed by atoms with Crippen LogP contribution < -0.4 is 15.0 Å². The van der Waals surface area contributed by atoms with Crippen molar-refractivity contribution in [3.63, 3.8) is 0 Å². The molecule has 0 radical (unpaired) electrons. The van der Waals surface area contributed by atoms with Gasteiger partial charge >= 0.3 is 0 Å². The van der Waals surface area contributed by atoms with Gasteiger partial charge in [0, 0.05) is 53.1 Å². The van der Waals surface area contributed by atoms with Crippen LogP contribution in [-0.2, 0) is 6.42 Å². The van der Waals surface area contributed by atoms with Crippen LogP contribution in [0.5, 0.6) is 11.5 Å². The maximum absolute atomic E-state index is 8.82. The number of hydrogen-bond donors (Lipinski definition) is 3. The number of rotatable bonds is 14. The Bertz CT molecular complexity index is 1240. The first kappa shape index (κ1) is 30.9. The number of unbranched alkanes of at least 4 members (excludes halogenated alkanes) is 2. The van der Waals surface area contributed by atoms with Gasteiger partial charge in [0.1, 0.15) is 17.3 Å². The van der Waals surface area contributed by atoms with Gasteiger partial charge in [0.2, 0.25) is 0 Å². The molecule has 0 unspecified atom stereocenters. The standard InChI is InChI=1S/C33H44N4O3S2/c34-32(36-38)26-11-15-29(16-12-26)40-22-6-2-5-21-39-28-13-9-25(10-14-28)31-30(17-18-37-19-23-41-24-20-37)42-33(35-31)27-7-3-1-4-8-27/h9-16,27,38H,1-8,17-24H2,(H2,34,36). The molecule has 1 aromatic heterocycles. The van der Waals surface area contributed by atoms with Crippen molar-refractivity contribution >= 4 is 28.9 Å². The highest BCUT2D eigenvalue weighted by Gasteiger charge is 2.23. The fourth-order valence-corrected chi connectivity index (χ4v) is 7.85. The molecule has 0 amide bonds. The van der Waals surface area contributed by atoms with Gasteiger partial charge in [-0.15, -0.1) is 11.3 Å². The van der Waals surface area contributed by atoms with E-state index in [0.29, 0.717) is 24.7 Å². The zero-order valence-corrected chi connectivity index (χ0v) is 26.1. The second kappa shape index (κ2) is 16.3. The van der Waals surface area contributed by atoms with E-state index in [1.54, 1.807) is 12.1 Å². The third-order valence-electron chi connectivity index (χ3n) is 8.14. The summed E-state index contributed by atoms with van der Waals surface area (Å²) in [5, 5.41) is 17.7. The topological polar surface area (TPSA) is 90.7 Å². The second-order valence-electron chi connectivity index (χ2n) is 11.2. The third-order valence-corrected chi connectivity index (χ3v) is 10.4. The molecular formula is C33H44N4O3S2. The maximum Gasteiger partial charge on any atom is 0.149 e. The molecule has 0 atom stereocenters. The first-order chi connectivity index (χ1) is 20.7. The molecule has 1 saturated carbocycles. The molecule has 42 heavy (non-hydrogen) atoms. The van der Waals surface area contributed by atoms with Crippen LogP contribution in [0, 0.1) is 5.41 Å². The van der Waals surface area contributed by atoms with Crippen molar-refractivity contribution in [2.24, 2.45) is 0 Å². The number of hydrogen-bond acceptors (Lipinski definition) is 8. The number of hydroxylamine groups is 1. The average molecular weight is 609 g/mol. The minimum absolute atomic E-state index is 0.0320. The molecule has 1 aliphatic carbocycles. The van der Waals surface area contributed by atoms with E-state index in [0.717, 1.165) is 43.7 Å². The molecule has 2 fully saturated rings. The molecular weight excluding hydrogens is 565 g/mol. The zero-order valence-electron chi connectivity index (χ0n) is 24.5. The second-order valence-corrected chi connectivity index (χ2v) is 13.5. The Morgan fingerprint density at radius 1 is 0.905 bits per heavy atom. The maximum atomic E-state index is 8.82. The highest BCUT2D eigenvalue weighted by atomic mass is 32.2. The first-order valence-electron chi connectivity index (χ1n) is 15.4. The van der Waals surface area contributed by atoms with Crippen molar-refractivity contribution < 1.29 is 14.7 Å². The van der Waals surface area contributed by atoms with Crippen LogP contribution in [0.3, 0.4) is 0 Å². The van der Waals surface area contributed by atoms with E-state index in [9.17, 15) is 0 Å². The van der Waals surface area contributed by atoms with Gasteiger partial charge < -0.3 is 14.4 Å². The number of aromatic nitrogens is 1. The van der Waals surface area contributed by atoms with E-state index < -0.39 is 0 Å². The van der Waals surface area contributed by atoms with Crippen molar-refractivity contribution in [2.45, 2.75) is 63.7 Å². The van der Waals surface area contributed by atoms with Crippen LogP contribution in [0.25, 0.3) is 11.3 Å². The lowest BCUT2D eigenvalue weighted by Crippen LogP contribution is -2.34. The van der Waals surface area contributed by atoms with Gasteiger partial charge in [-0.25, -0.2) is 4.98 Å². The van der Waals surface area contributed by atoms with Crippen LogP contribution in [0.1, 0.15) is 72.7 Å². The molecule has 2 heterocycles. The Kier molecular flexibility index (Phi) is 12.0. The van der Waals surface area contributed by atoms with E-state index in [1.165, 1.54) is 77.8 Å². The van der Waals surface area contributed by atoms with Crippen molar-refractivity contribution in [3.8, 4) is 22.8 Å². The monoisotopic (exact) mass is 608 g/mol. The lowest BCUT2D eigenvalue weighted by atomic mass is 9.90. The molecule has 0 spiro atoms. The quantitative estimate of drug-likeness (QED) is 0.0761. The normalized spacial score (nSPS) is 16.3. The molecule has 3 aromatic rings. The summed E-state index contributed by atoms with van der Waals surface area (Å²) >= 11 is 4.05. The van der Waals surface area contributed by atoms with Crippen LogP contribution in [-0.4, -0.2) is 65.3 Å². The predicted octanol–water partition coefficient (Wildman–Crippen LogP) is 7.38. The Hall–Kier alpha value is -2.59. The van der Waals surface area contributed by atoms with Gasteiger partial charge in [-0.2, -0.15) is 11.8 Å². The molecule has 3 N–H and O–H groups in total. The summed E-state index contributed by atoms with van der Waals surface area (Å²) < 4.78 is 11.8. The number of thiazole rings is 1. The largest absolute Gasteiger partial charge is 0.494 e. The zero-order chi connectivity index (χ0) is 29.0. The highest BCUT2D eigenvalue weighted by Crippen LogP contribution is 2.39. The van der Waals surface area contributed by atoms with Crippen molar-refractivity contribution in [2.75, 3.05) is 44.4 Å². The molecule has 5 rings (SSSR count). The molecule has 2 aromatic carbocycles. The van der Waals surface area contributed by atoms with Gasteiger partial charge in [-0.3, -0.25) is 16.1 Å². The smallest absolute Gasteiger partial charge is 0.149 e. The number of thioether (sulfide) groups is 1. The van der Waals surface area contributed by atoms with E-state index in [2.05, 4.69) is 40.9 Å². The predicted molar refractivity (Wildman–Crippen MR) is 174 cm³/mol. The van der Waals surface area contributed by atoms with Gasteiger partial charge in [0.25, 0.3) is 0 Å². The van der Waals surface area contributed by atoms with Crippen molar-refractivity contribution in [3.05, 3.63) is 64.0 Å². The number of ether oxygens (including phenoxy) is 2. The number of benzene rings is 2. The summed E-state index contributed by atoms with van der Waals surface area (Å²) in [7, 11) is 0. The molecule has 0 bridgehead atoms. The van der Waals surface area contributed by atoms with Crippen LogP contribution in [0.2, 0.25) is 0 Å². The van der Waals surface area contributed by atoms with E-state index in [-0.39, 0.29) is 5.84 Å². The Labute approximate surface area is 258 Å². The van der Waals surface area contributed by atoms with E-state index in [4.69, 9.17) is 25.1 Å². The summed E-state index contributed by atoms with van der Waals surface area (Å²) in [5.41, 5.74) is 4.86. The number of nitrogens with one attached hydrogen (secondary N) is 2. The molecule has 1 aliphatic heterocycles. The van der Waals surface area contributed by atoms with Gasteiger partial charge in [-0.05, 0) is 87.1 Å². The van der Waals surface area contributed by atoms with E-state index in [1.807, 2.05) is 28.9 Å². The third kappa shape index (κ3) is 8.96. The summed E-state index contributed by atoms with van der Waals surface area (Å²) in [6.07, 6.45) is 10.7.